The number of piperidine rings is 1. The Bertz CT molecular complexity index is 862. The second-order valence-electron chi connectivity index (χ2n) is 6.84. The average Bonchev–Trinajstić information content (AvgIpc) is 3.00. The van der Waals surface area contributed by atoms with Gasteiger partial charge in [0.15, 0.2) is 0 Å². The van der Waals surface area contributed by atoms with Crippen LogP contribution in [0.15, 0.2) is 18.2 Å². The number of benzene rings is 1. The lowest BCUT2D eigenvalue weighted by Crippen LogP contribution is -2.52. The van der Waals surface area contributed by atoms with Gasteiger partial charge in [0, 0.05) is 23.4 Å². The molecule has 6 nitrogen and oxygen atoms in total. The predicted octanol–water partition coefficient (Wildman–Crippen LogP) is 1.15. The fraction of sp³-hybridized carbons (Fsp3) is 0.444. The molecule has 4 rings (SSSR count). The minimum absolute atomic E-state index is 0.0423. The molecule has 3 heterocycles. The van der Waals surface area contributed by atoms with Gasteiger partial charge in [-0.05, 0) is 48.4 Å². The Kier molecular flexibility index (Phi) is 4.02. The summed E-state index contributed by atoms with van der Waals surface area (Å²) >= 11 is 1.46. The van der Waals surface area contributed by atoms with Gasteiger partial charge >= 0.3 is 0 Å². The lowest BCUT2D eigenvalue weighted by Gasteiger charge is -2.38. The summed E-state index contributed by atoms with van der Waals surface area (Å²) < 4.78 is 1.00. The zero-order valence-corrected chi connectivity index (χ0v) is 14.6. The number of hydrogen-bond donors (Lipinski definition) is 3. The molecule has 7 heteroatoms. The molecule has 1 aromatic carbocycles. The van der Waals surface area contributed by atoms with Crippen LogP contribution >= 0.6 is 11.3 Å². The van der Waals surface area contributed by atoms with Crippen molar-refractivity contribution in [2.75, 3.05) is 26.2 Å². The van der Waals surface area contributed by atoms with E-state index in [0.29, 0.717) is 31.5 Å². The van der Waals surface area contributed by atoms with Crippen LogP contribution < -0.4 is 5.32 Å². The van der Waals surface area contributed by atoms with Gasteiger partial charge in [-0.1, -0.05) is 0 Å². The van der Waals surface area contributed by atoms with E-state index in [1.807, 2.05) is 12.1 Å². The summed E-state index contributed by atoms with van der Waals surface area (Å²) in [6, 6.07) is 5.52. The van der Waals surface area contributed by atoms with Crippen molar-refractivity contribution in [3.8, 4) is 0 Å². The highest BCUT2D eigenvalue weighted by Gasteiger charge is 2.35. The van der Waals surface area contributed by atoms with Gasteiger partial charge in [-0.2, -0.15) is 0 Å². The predicted molar refractivity (Wildman–Crippen MR) is 95.0 cm³/mol. The molecule has 2 aromatic rings. The zero-order chi connectivity index (χ0) is 17.6. The van der Waals surface area contributed by atoms with E-state index in [1.165, 1.54) is 11.3 Å². The van der Waals surface area contributed by atoms with E-state index >= 15 is 0 Å². The third kappa shape index (κ3) is 2.82. The number of β-amino-alcohol motifs (C(OH)–C–C–N with tert-alkyl or cyclic N) is 1. The van der Waals surface area contributed by atoms with Gasteiger partial charge in [0.2, 0.25) is 0 Å². The molecular formula is C18H20N2O4S. The van der Waals surface area contributed by atoms with Gasteiger partial charge in [0.05, 0.1) is 18.0 Å². The molecule has 0 radical (unpaired) electrons. The van der Waals surface area contributed by atoms with Crippen molar-refractivity contribution in [3.63, 3.8) is 0 Å². The lowest BCUT2D eigenvalue weighted by molar-refractivity contribution is -0.0598. The van der Waals surface area contributed by atoms with Gasteiger partial charge in [-0.3, -0.25) is 9.59 Å². The van der Waals surface area contributed by atoms with E-state index in [-0.39, 0.29) is 25.0 Å². The Hall–Kier alpha value is -1.96. The number of nitrogens with zero attached hydrogens (tertiary/aromatic N) is 1. The molecule has 1 aromatic heterocycles. The topological polar surface area (TPSA) is 89.9 Å². The summed E-state index contributed by atoms with van der Waals surface area (Å²) in [7, 11) is 0. The number of aliphatic hydroxyl groups excluding tert-OH is 1. The molecule has 3 N–H and O–H groups in total. The third-order valence-corrected chi connectivity index (χ3v) is 6.25. The van der Waals surface area contributed by atoms with Gasteiger partial charge in [-0.15, -0.1) is 11.3 Å². The summed E-state index contributed by atoms with van der Waals surface area (Å²) in [6.45, 7) is 0.988. The Morgan fingerprint density at radius 1 is 1.40 bits per heavy atom. The number of rotatable bonds is 2. The van der Waals surface area contributed by atoms with E-state index in [1.54, 1.807) is 11.0 Å². The number of hydrogen-bond acceptors (Lipinski definition) is 5. The highest BCUT2D eigenvalue weighted by atomic mass is 32.1. The third-order valence-electron chi connectivity index (χ3n) is 5.04. The molecular weight excluding hydrogens is 340 g/mol. The van der Waals surface area contributed by atoms with Crippen LogP contribution in [-0.4, -0.2) is 58.8 Å². The van der Waals surface area contributed by atoms with E-state index < -0.39 is 5.60 Å². The van der Waals surface area contributed by atoms with Gasteiger partial charge in [0.1, 0.15) is 5.60 Å². The van der Waals surface area contributed by atoms with Crippen molar-refractivity contribution in [3.05, 3.63) is 34.2 Å². The Morgan fingerprint density at radius 2 is 2.24 bits per heavy atom. The van der Waals surface area contributed by atoms with Crippen LogP contribution in [0.1, 0.15) is 38.4 Å². The minimum Gasteiger partial charge on any atom is -0.393 e. The van der Waals surface area contributed by atoms with E-state index in [0.717, 1.165) is 26.9 Å². The molecule has 132 valence electrons. The van der Waals surface area contributed by atoms with Crippen LogP contribution in [0, 0.1) is 0 Å². The smallest absolute Gasteiger partial charge is 0.261 e. The second kappa shape index (κ2) is 6.09. The first-order valence-electron chi connectivity index (χ1n) is 8.47. The normalized spacial score (nSPS) is 23.4. The number of carbonyl (C=O) groups excluding carboxylic acids is 2. The number of nitrogens with one attached hydrogen (secondary N) is 1. The van der Waals surface area contributed by atoms with Crippen LogP contribution in [0.4, 0.5) is 0 Å². The van der Waals surface area contributed by atoms with Crippen molar-refractivity contribution >= 4 is 33.2 Å². The van der Waals surface area contributed by atoms with Gasteiger partial charge in [-0.25, -0.2) is 0 Å². The van der Waals surface area contributed by atoms with Crippen molar-refractivity contribution in [1.29, 1.82) is 0 Å². The highest BCUT2D eigenvalue weighted by Crippen LogP contribution is 2.34. The minimum atomic E-state index is -1.21. The van der Waals surface area contributed by atoms with Crippen LogP contribution in [0.25, 0.3) is 10.1 Å². The standard InChI is InChI=1S/C18H20N2O4S/c21-10-18(24)5-1-7-20(9-18)17(23)11-2-3-14-13(8-11)12-4-6-19-16(22)15(12)25-14/h2-3,8,21,24H,1,4-7,9-10H2,(H,19,22)/t18-/m0/s1. The number of amides is 2. The van der Waals surface area contributed by atoms with Crippen molar-refractivity contribution in [2.45, 2.75) is 24.9 Å². The van der Waals surface area contributed by atoms with Crippen LogP contribution in [0.5, 0.6) is 0 Å². The number of fused-ring (bicyclic) bond motifs is 3. The molecule has 0 saturated carbocycles. The average molecular weight is 360 g/mol. The molecule has 1 atom stereocenters. The summed E-state index contributed by atoms with van der Waals surface area (Å²) in [4.78, 5) is 27.2. The molecule has 1 fully saturated rings. The summed E-state index contributed by atoms with van der Waals surface area (Å²) in [6.07, 6.45) is 1.94. The van der Waals surface area contributed by atoms with Crippen molar-refractivity contribution in [1.82, 2.24) is 10.2 Å². The van der Waals surface area contributed by atoms with Gasteiger partial charge in [0.25, 0.3) is 11.8 Å². The molecule has 2 aliphatic rings. The number of aliphatic hydroxyl groups is 2. The Morgan fingerprint density at radius 3 is 3.04 bits per heavy atom. The molecule has 0 aliphatic carbocycles. The quantitative estimate of drug-likeness (QED) is 0.749. The Balaban J connectivity index is 1.67. The van der Waals surface area contributed by atoms with Crippen LogP contribution in [0.2, 0.25) is 0 Å². The highest BCUT2D eigenvalue weighted by molar-refractivity contribution is 7.21. The van der Waals surface area contributed by atoms with E-state index in [9.17, 15) is 19.8 Å². The maximum atomic E-state index is 12.9. The van der Waals surface area contributed by atoms with Crippen molar-refractivity contribution in [2.24, 2.45) is 0 Å². The molecule has 1 saturated heterocycles. The maximum absolute atomic E-state index is 12.9. The molecule has 2 aliphatic heterocycles. The molecule has 0 spiro atoms. The zero-order valence-electron chi connectivity index (χ0n) is 13.7. The Labute approximate surface area is 149 Å². The first kappa shape index (κ1) is 16.5. The molecule has 0 unspecified atom stereocenters. The van der Waals surface area contributed by atoms with Crippen LogP contribution in [0.3, 0.4) is 0 Å². The monoisotopic (exact) mass is 360 g/mol. The van der Waals surface area contributed by atoms with Crippen LogP contribution in [-0.2, 0) is 6.42 Å². The number of carbonyl (C=O) groups is 2. The fourth-order valence-electron chi connectivity index (χ4n) is 3.69. The molecule has 0 bridgehead atoms. The van der Waals surface area contributed by atoms with Gasteiger partial charge < -0.3 is 20.4 Å². The fourth-order valence-corrected chi connectivity index (χ4v) is 4.84. The number of thiophene rings is 1. The van der Waals surface area contributed by atoms with Crippen molar-refractivity contribution < 1.29 is 19.8 Å². The first-order chi connectivity index (χ1) is 12.0. The summed E-state index contributed by atoms with van der Waals surface area (Å²) in [5, 5.41) is 23.5. The maximum Gasteiger partial charge on any atom is 0.261 e. The summed E-state index contributed by atoms with van der Waals surface area (Å²) in [5.41, 5.74) is 0.364. The summed E-state index contributed by atoms with van der Waals surface area (Å²) in [5.74, 6) is -0.187. The molecule has 2 amide bonds. The van der Waals surface area contributed by atoms with E-state index in [2.05, 4.69) is 5.32 Å². The molecule has 25 heavy (non-hydrogen) atoms. The largest absolute Gasteiger partial charge is 0.393 e. The van der Waals surface area contributed by atoms with E-state index in [4.69, 9.17) is 0 Å². The number of likely N-dealkylation sites (tertiary alicyclic amines) is 1. The second-order valence-corrected chi connectivity index (χ2v) is 7.89. The lowest BCUT2D eigenvalue weighted by atomic mass is 9.93. The first-order valence-corrected chi connectivity index (χ1v) is 9.28. The SMILES string of the molecule is O=C1NCCc2c1sc1ccc(C(=O)N3CCC[C@@](O)(CO)C3)cc21.